The number of rotatable bonds is 5. The average molecular weight is 405 g/mol. The Balaban J connectivity index is 1.78. The summed E-state index contributed by atoms with van der Waals surface area (Å²) in [6.07, 6.45) is 0.0700. The second-order valence-electron chi connectivity index (χ2n) is 7.33. The first-order chi connectivity index (χ1) is 14.4. The SMILES string of the molecule is COc1ccc(C(=O)C2CC(=O)Nc3c2c(C)nn3-c2ccc(C)cc2)cc1OC. The monoisotopic (exact) mass is 405 g/mol. The lowest BCUT2D eigenvalue weighted by molar-refractivity contribution is -0.116. The van der Waals surface area contributed by atoms with Crippen LogP contribution in [0.25, 0.3) is 5.69 Å². The van der Waals surface area contributed by atoms with Gasteiger partial charge in [-0.15, -0.1) is 0 Å². The highest BCUT2D eigenvalue weighted by Gasteiger charge is 2.36. The topological polar surface area (TPSA) is 82.5 Å². The number of amides is 1. The van der Waals surface area contributed by atoms with Crippen LogP contribution in [0.15, 0.2) is 42.5 Å². The van der Waals surface area contributed by atoms with E-state index in [9.17, 15) is 9.59 Å². The third kappa shape index (κ3) is 3.32. The number of nitrogens with zero attached hydrogens (tertiary/aromatic N) is 2. The number of carbonyl (C=O) groups excluding carboxylic acids is 2. The summed E-state index contributed by atoms with van der Waals surface area (Å²) in [6, 6.07) is 12.9. The van der Waals surface area contributed by atoms with Gasteiger partial charge in [-0.05, 0) is 44.2 Å². The minimum atomic E-state index is -0.619. The first-order valence-electron chi connectivity index (χ1n) is 9.65. The van der Waals surface area contributed by atoms with Crippen LogP contribution in [0.1, 0.15) is 39.5 Å². The van der Waals surface area contributed by atoms with Crippen LogP contribution in [-0.4, -0.2) is 35.7 Å². The smallest absolute Gasteiger partial charge is 0.226 e. The van der Waals surface area contributed by atoms with E-state index in [0.717, 1.165) is 16.8 Å². The Bertz CT molecular complexity index is 1130. The van der Waals surface area contributed by atoms with E-state index in [4.69, 9.17) is 9.47 Å². The van der Waals surface area contributed by atoms with Gasteiger partial charge in [-0.2, -0.15) is 5.10 Å². The Morgan fingerprint density at radius 1 is 1.07 bits per heavy atom. The second-order valence-corrected chi connectivity index (χ2v) is 7.33. The van der Waals surface area contributed by atoms with E-state index < -0.39 is 5.92 Å². The summed E-state index contributed by atoms with van der Waals surface area (Å²) >= 11 is 0. The van der Waals surface area contributed by atoms with E-state index in [-0.39, 0.29) is 18.1 Å². The molecular weight excluding hydrogens is 382 g/mol. The van der Waals surface area contributed by atoms with Crippen molar-refractivity contribution in [2.75, 3.05) is 19.5 Å². The van der Waals surface area contributed by atoms with Crippen molar-refractivity contribution in [1.82, 2.24) is 9.78 Å². The number of hydrogen-bond acceptors (Lipinski definition) is 5. The van der Waals surface area contributed by atoms with Crippen LogP contribution in [0.3, 0.4) is 0 Å². The molecule has 0 fully saturated rings. The molecule has 0 aliphatic carbocycles. The highest BCUT2D eigenvalue weighted by atomic mass is 16.5. The predicted molar refractivity (Wildman–Crippen MR) is 113 cm³/mol. The highest BCUT2D eigenvalue weighted by molar-refractivity contribution is 6.08. The fourth-order valence-corrected chi connectivity index (χ4v) is 3.83. The maximum absolute atomic E-state index is 13.4. The number of fused-ring (bicyclic) bond motifs is 1. The van der Waals surface area contributed by atoms with Gasteiger partial charge in [0.05, 0.1) is 31.5 Å². The van der Waals surface area contributed by atoms with Gasteiger partial charge in [0.15, 0.2) is 17.3 Å². The van der Waals surface area contributed by atoms with E-state index in [2.05, 4.69) is 10.4 Å². The highest BCUT2D eigenvalue weighted by Crippen LogP contribution is 2.39. The van der Waals surface area contributed by atoms with Crippen molar-refractivity contribution in [1.29, 1.82) is 0 Å². The Hall–Kier alpha value is -3.61. The molecule has 2 heterocycles. The number of carbonyl (C=O) groups is 2. The van der Waals surface area contributed by atoms with Gasteiger partial charge in [0, 0.05) is 17.5 Å². The quantitative estimate of drug-likeness (QED) is 0.653. The molecule has 30 heavy (non-hydrogen) atoms. The number of Topliss-reactive ketones (excluding diaryl/α,β-unsaturated/α-hetero) is 1. The largest absolute Gasteiger partial charge is 0.493 e. The second kappa shape index (κ2) is 7.67. The zero-order valence-electron chi connectivity index (χ0n) is 17.4. The standard InChI is InChI=1S/C23H23N3O4/c1-13-5-8-16(9-6-13)26-23-21(14(2)25-26)17(12-20(27)24-23)22(28)15-7-10-18(29-3)19(11-15)30-4/h5-11,17H,12H2,1-4H3,(H,24,27). The van der Waals surface area contributed by atoms with Crippen LogP contribution in [0.2, 0.25) is 0 Å². The van der Waals surface area contributed by atoms with Crippen LogP contribution in [-0.2, 0) is 4.79 Å². The van der Waals surface area contributed by atoms with Crippen LogP contribution < -0.4 is 14.8 Å². The lowest BCUT2D eigenvalue weighted by Crippen LogP contribution is -2.28. The number of methoxy groups -OCH3 is 2. The first-order valence-corrected chi connectivity index (χ1v) is 9.65. The average Bonchev–Trinajstić information content (AvgIpc) is 3.08. The van der Waals surface area contributed by atoms with E-state index in [0.29, 0.717) is 28.6 Å². The van der Waals surface area contributed by atoms with Crippen molar-refractivity contribution in [2.45, 2.75) is 26.2 Å². The van der Waals surface area contributed by atoms with Crippen molar-refractivity contribution in [2.24, 2.45) is 0 Å². The number of ether oxygens (including phenoxy) is 2. The van der Waals surface area contributed by atoms with Gasteiger partial charge in [0.1, 0.15) is 5.82 Å². The molecule has 1 N–H and O–H groups in total. The van der Waals surface area contributed by atoms with Crippen molar-refractivity contribution < 1.29 is 19.1 Å². The summed E-state index contributed by atoms with van der Waals surface area (Å²) in [5.74, 6) is 0.570. The summed E-state index contributed by atoms with van der Waals surface area (Å²) < 4.78 is 12.3. The number of anilines is 1. The van der Waals surface area contributed by atoms with Gasteiger partial charge < -0.3 is 14.8 Å². The Morgan fingerprint density at radius 2 is 1.77 bits per heavy atom. The van der Waals surface area contributed by atoms with Crippen LogP contribution in [0.4, 0.5) is 5.82 Å². The molecule has 4 rings (SSSR count). The molecular formula is C23H23N3O4. The maximum Gasteiger partial charge on any atom is 0.226 e. The van der Waals surface area contributed by atoms with Crippen molar-refractivity contribution in [3.8, 4) is 17.2 Å². The first kappa shape index (κ1) is 19.7. The number of hydrogen-bond donors (Lipinski definition) is 1. The van der Waals surface area contributed by atoms with Crippen molar-refractivity contribution in [3.63, 3.8) is 0 Å². The number of aryl methyl sites for hydroxylation is 2. The molecule has 0 spiro atoms. The van der Waals surface area contributed by atoms with Crippen LogP contribution in [0, 0.1) is 13.8 Å². The van der Waals surface area contributed by atoms with Gasteiger partial charge in [0.25, 0.3) is 0 Å². The predicted octanol–water partition coefficient (Wildman–Crippen LogP) is 3.82. The number of benzene rings is 2. The zero-order valence-corrected chi connectivity index (χ0v) is 17.4. The van der Waals surface area contributed by atoms with E-state index in [1.165, 1.54) is 7.11 Å². The van der Waals surface area contributed by atoms with Crippen molar-refractivity contribution in [3.05, 3.63) is 64.8 Å². The molecule has 1 aliphatic heterocycles. The lowest BCUT2D eigenvalue weighted by Gasteiger charge is -2.23. The zero-order chi connectivity index (χ0) is 21.4. The van der Waals surface area contributed by atoms with Crippen LogP contribution in [0.5, 0.6) is 11.5 Å². The number of ketones is 1. The van der Waals surface area contributed by atoms with Crippen LogP contribution >= 0.6 is 0 Å². The number of nitrogens with one attached hydrogen (secondary N) is 1. The number of aromatic nitrogens is 2. The fourth-order valence-electron chi connectivity index (χ4n) is 3.83. The molecule has 7 nitrogen and oxygen atoms in total. The van der Waals surface area contributed by atoms with Gasteiger partial charge in [-0.25, -0.2) is 4.68 Å². The normalized spacial score (nSPS) is 15.3. The molecule has 1 aromatic heterocycles. The maximum atomic E-state index is 13.4. The Labute approximate surface area is 174 Å². The molecule has 7 heteroatoms. The Morgan fingerprint density at radius 3 is 2.43 bits per heavy atom. The molecule has 1 atom stereocenters. The molecule has 2 aromatic carbocycles. The van der Waals surface area contributed by atoms with E-state index >= 15 is 0 Å². The van der Waals surface area contributed by atoms with Crippen molar-refractivity contribution >= 4 is 17.5 Å². The van der Waals surface area contributed by atoms with Gasteiger partial charge in [-0.3, -0.25) is 9.59 Å². The summed E-state index contributed by atoms with van der Waals surface area (Å²) in [4.78, 5) is 25.9. The molecule has 154 valence electrons. The molecule has 0 saturated carbocycles. The Kier molecular flexibility index (Phi) is 5.03. The van der Waals surface area contributed by atoms with Gasteiger partial charge >= 0.3 is 0 Å². The third-order valence-electron chi connectivity index (χ3n) is 5.37. The summed E-state index contributed by atoms with van der Waals surface area (Å²) in [5, 5.41) is 7.52. The summed E-state index contributed by atoms with van der Waals surface area (Å²) in [5.41, 5.74) is 3.87. The van der Waals surface area contributed by atoms with E-state index in [1.54, 1.807) is 30.0 Å². The molecule has 0 bridgehead atoms. The lowest BCUT2D eigenvalue weighted by atomic mass is 9.85. The molecule has 3 aromatic rings. The summed E-state index contributed by atoms with van der Waals surface area (Å²) in [7, 11) is 3.06. The molecule has 0 saturated heterocycles. The third-order valence-corrected chi connectivity index (χ3v) is 5.37. The molecule has 1 aliphatic rings. The van der Waals surface area contributed by atoms with Gasteiger partial charge in [0.2, 0.25) is 5.91 Å². The molecule has 0 radical (unpaired) electrons. The van der Waals surface area contributed by atoms with Gasteiger partial charge in [-0.1, -0.05) is 17.7 Å². The minimum absolute atomic E-state index is 0.0700. The van der Waals surface area contributed by atoms with E-state index in [1.807, 2.05) is 38.1 Å². The molecule has 1 amide bonds. The fraction of sp³-hybridized carbons (Fsp3) is 0.261. The minimum Gasteiger partial charge on any atom is -0.493 e. The molecule has 1 unspecified atom stereocenters. The summed E-state index contributed by atoms with van der Waals surface area (Å²) in [6.45, 7) is 3.86.